The van der Waals surface area contributed by atoms with Crippen molar-refractivity contribution in [3.8, 4) is 0 Å². The third kappa shape index (κ3) is 2.85. The molecular weight excluding hydrogens is 302 g/mol. The molecule has 24 heavy (non-hydrogen) atoms. The molecule has 1 atom stereocenters. The van der Waals surface area contributed by atoms with Gasteiger partial charge >= 0.3 is 0 Å². The number of likely N-dealkylation sites (tertiary alicyclic amines) is 1. The number of rotatable bonds is 4. The Kier molecular flexibility index (Phi) is 4.92. The highest BCUT2D eigenvalue weighted by Crippen LogP contribution is 2.52. The van der Waals surface area contributed by atoms with Crippen LogP contribution in [0.25, 0.3) is 0 Å². The van der Waals surface area contributed by atoms with Crippen molar-refractivity contribution in [1.29, 1.82) is 0 Å². The molecule has 1 saturated carbocycles. The van der Waals surface area contributed by atoms with Gasteiger partial charge in [-0.3, -0.25) is 14.5 Å². The standard InChI is InChI=1S/C19H33N3O2/c1-14(2)13-20-9-11-21(12-10-20)17(23)16-19(7-5-6-8-19)18(24)22(16)15(3)4/h14-16H,5-13H2,1-4H3. The van der Waals surface area contributed by atoms with Crippen molar-refractivity contribution in [2.45, 2.75) is 65.5 Å². The maximum absolute atomic E-state index is 13.2. The van der Waals surface area contributed by atoms with Crippen LogP contribution < -0.4 is 0 Å². The van der Waals surface area contributed by atoms with E-state index in [4.69, 9.17) is 0 Å². The molecule has 0 N–H and O–H groups in total. The molecule has 3 aliphatic rings. The lowest BCUT2D eigenvalue weighted by atomic mass is 9.67. The van der Waals surface area contributed by atoms with Crippen LogP contribution in [0.5, 0.6) is 0 Å². The van der Waals surface area contributed by atoms with Gasteiger partial charge in [-0.05, 0) is 32.6 Å². The molecule has 3 fully saturated rings. The Labute approximate surface area is 146 Å². The fourth-order valence-electron chi connectivity index (χ4n) is 4.91. The molecule has 5 heteroatoms. The first-order valence-corrected chi connectivity index (χ1v) is 9.71. The molecule has 1 spiro atoms. The van der Waals surface area contributed by atoms with Crippen molar-refractivity contribution in [3.05, 3.63) is 0 Å². The number of hydrogen-bond donors (Lipinski definition) is 0. The summed E-state index contributed by atoms with van der Waals surface area (Å²) in [6.07, 6.45) is 3.98. The van der Waals surface area contributed by atoms with Gasteiger partial charge in [0.1, 0.15) is 6.04 Å². The van der Waals surface area contributed by atoms with Crippen LogP contribution in [0.4, 0.5) is 0 Å². The molecule has 136 valence electrons. The van der Waals surface area contributed by atoms with Crippen molar-refractivity contribution in [3.63, 3.8) is 0 Å². The molecule has 0 bridgehead atoms. The van der Waals surface area contributed by atoms with E-state index in [9.17, 15) is 9.59 Å². The number of β-lactam (4-membered cyclic amide) rings is 1. The normalized spacial score (nSPS) is 27.4. The maximum Gasteiger partial charge on any atom is 0.246 e. The van der Waals surface area contributed by atoms with Gasteiger partial charge < -0.3 is 9.80 Å². The Bertz CT molecular complexity index is 489. The molecule has 0 aromatic heterocycles. The summed E-state index contributed by atoms with van der Waals surface area (Å²) in [5, 5.41) is 0. The number of amides is 2. The Morgan fingerprint density at radius 2 is 1.67 bits per heavy atom. The largest absolute Gasteiger partial charge is 0.338 e. The summed E-state index contributed by atoms with van der Waals surface area (Å²) in [6.45, 7) is 13.2. The van der Waals surface area contributed by atoms with Crippen molar-refractivity contribution in [2.75, 3.05) is 32.7 Å². The van der Waals surface area contributed by atoms with Gasteiger partial charge in [0.05, 0.1) is 5.41 Å². The molecule has 5 nitrogen and oxygen atoms in total. The summed E-state index contributed by atoms with van der Waals surface area (Å²) in [5.41, 5.74) is -0.365. The molecule has 3 rings (SSSR count). The Hall–Kier alpha value is -1.10. The molecule has 0 radical (unpaired) electrons. The van der Waals surface area contributed by atoms with E-state index in [2.05, 4.69) is 18.7 Å². The van der Waals surface area contributed by atoms with Crippen molar-refractivity contribution < 1.29 is 9.59 Å². The Morgan fingerprint density at radius 3 is 2.17 bits per heavy atom. The summed E-state index contributed by atoms with van der Waals surface area (Å²) >= 11 is 0. The molecule has 0 aromatic carbocycles. The lowest BCUT2D eigenvalue weighted by Gasteiger charge is -2.56. The number of piperazine rings is 1. The zero-order chi connectivity index (χ0) is 17.5. The molecule has 1 unspecified atom stereocenters. The summed E-state index contributed by atoms with van der Waals surface area (Å²) in [5.74, 6) is 1.09. The summed E-state index contributed by atoms with van der Waals surface area (Å²) in [4.78, 5) is 32.3. The molecular formula is C19H33N3O2. The molecule has 0 aromatic rings. The van der Waals surface area contributed by atoms with E-state index in [0.717, 1.165) is 58.4 Å². The van der Waals surface area contributed by atoms with Gasteiger partial charge in [0.25, 0.3) is 0 Å². The smallest absolute Gasteiger partial charge is 0.246 e. The molecule has 2 amide bonds. The molecule has 2 heterocycles. The van der Waals surface area contributed by atoms with E-state index in [-0.39, 0.29) is 29.3 Å². The SMILES string of the molecule is CC(C)CN1CCN(C(=O)C2N(C(C)C)C(=O)C23CCCC3)CC1. The zero-order valence-electron chi connectivity index (χ0n) is 15.8. The van der Waals surface area contributed by atoms with Crippen LogP contribution in [0.1, 0.15) is 53.4 Å². The fraction of sp³-hybridized carbons (Fsp3) is 0.895. The lowest BCUT2D eigenvalue weighted by Crippen LogP contribution is -2.74. The zero-order valence-corrected chi connectivity index (χ0v) is 15.8. The first kappa shape index (κ1) is 17.7. The van der Waals surface area contributed by atoms with Gasteiger partial charge in [-0.15, -0.1) is 0 Å². The van der Waals surface area contributed by atoms with Gasteiger partial charge in [0, 0.05) is 38.8 Å². The van der Waals surface area contributed by atoms with E-state index in [1.165, 1.54) is 0 Å². The van der Waals surface area contributed by atoms with Gasteiger partial charge in [-0.2, -0.15) is 0 Å². The van der Waals surface area contributed by atoms with Gasteiger partial charge in [-0.1, -0.05) is 26.7 Å². The Morgan fingerprint density at radius 1 is 1.08 bits per heavy atom. The molecule has 2 saturated heterocycles. The van der Waals surface area contributed by atoms with Crippen LogP contribution in [-0.2, 0) is 9.59 Å². The number of nitrogens with zero attached hydrogens (tertiary/aromatic N) is 3. The second kappa shape index (κ2) is 6.66. The second-order valence-corrected chi connectivity index (χ2v) is 8.59. The lowest BCUT2D eigenvalue weighted by molar-refractivity contribution is -0.185. The van der Waals surface area contributed by atoms with E-state index < -0.39 is 0 Å². The van der Waals surface area contributed by atoms with E-state index in [0.29, 0.717) is 5.92 Å². The van der Waals surface area contributed by atoms with E-state index >= 15 is 0 Å². The number of carbonyl (C=O) groups is 2. The van der Waals surface area contributed by atoms with E-state index in [1.807, 2.05) is 23.6 Å². The minimum atomic E-state index is -0.365. The van der Waals surface area contributed by atoms with Crippen molar-refractivity contribution in [1.82, 2.24) is 14.7 Å². The number of hydrogen-bond acceptors (Lipinski definition) is 3. The average Bonchev–Trinajstić information content (AvgIpc) is 3.03. The van der Waals surface area contributed by atoms with Gasteiger partial charge in [-0.25, -0.2) is 0 Å². The minimum Gasteiger partial charge on any atom is -0.338 e. The summed E-state index contributed by atoms with van der Waals surface area (Å²) in [6, 6.07) is -0.0935. The minimum absolute atomic E-state index is 0.111. The highest BCUT2D eigenvalue weighted by Gasteiger charge is 2.65. The predicted molar refractivity (Wildman–Crippen MR) is 94.5 cm³/mol. The maximum atomic E-state index is 13.2. The van der Waals surface area contributed by atoms with Crippen molar-refractivity contribution >= 4 is 11.8 Å². The predicted octanol–water partition coefficient (Wildman–Crippen LogP) is 1.97. The topological polar surface area (TPSA) is 43.9 Å². The van der Waals surface area contributed by atoms with Gasteiger partial charge in [0.15, 0.2) is 0 Å². The number of carbonyl (C=O) groups excluding carboxylic acids is 2. The summed E-state index contributed by atoms with van der Waals surface area (Å²) in [7, 11) is 0. The first-order chi connectivity index (χ1) is 11.4. The molecule has 1 aliphatic carbocycles. The monoisotopic (exact) mass is 335 g/mol. The highest BCUT2D eigenvalue weighted by atomic mass is 16.2. The third-order valence-corrected chi connectivity index (χ3v) is 6.06. The van der Waals surface area contributed by atoms with E-state index in [1.54, 1.807) is 0 Å². The first-order valence-electron chi connectivity index (χ1n) is 9.71. The molecule has 2 aliphatic heterocycles. The highest BCUT2D eigenvalue weighted by molar-refractivity contribution is 6.02. The average molecular weight is 335 g/mol. The van der Waals surface area contributed by atoms with Crippen LogP contribution in [0, 0.1) is 11.3 Å². The van der Waals surface area contributed by atoms with Crippen molar-refractivity contribution in [2.24, 2.45) is 11.3 Å². The van der Waals surface area contributed by atoms with Crippen LogP contribution >= 0.6 is 0 Å². The van der Waals surface area contributed by atoms with Crippen LogP contribution in [0.3, 0.4) is 0 Å². The van der Waals surface area contributed by atoms with Crippen LogP contribution in [-0.4, -0.2) is 71.3 Å². The third-order valence-electron chi connectivity index (χ3n) is 6.06. The van der Waals surface area contributed by atoms with Crippen LogP contribution in [0.2, 0.25) is 0 Å². The quantitative estimate of drug-likeness (QED) is 0.738. The van der Waals surface area contributed by atoms with Gasteiger partial charge in [0.2, 0.25) is 11.8 Å². The second-order valence-electron chi connectivity index (χ2n) is 8.59. The fourth-order valence-corrected chi connectivity index (χ4v) is 4.91. The van der Waals surface area contributed by atoms with Crippen LogP contribution in [0.15, 0.2) is 0 Å². The Balaban J connectivity index is 1.68. The summed E-state index contributed by atoms with van der Waals surface area (Å²) < 4.78 is 0.